The number of aliphatic hydroxyl groups excluding tert-OH is 1. The van der Waals surface area contributed by atoms with Crippen molar-refractivity contribution in [2.75, 3.05) is 6.61 Å². The van der Waals surface area contributed by atoms with Gasteiger partial charge in [-0.25, -0.2) is 4.98 Å². The maximum absolute atomic E-state index is 12.8. The van der Waals surface area contributed by atoms with Crippen molar-refractivity contribution in [1.82, 2.24) is 29.6 Å². The van der Waals surface area contributed by atoms with Crippen molar-refractivity contribution in [2.24, 2.45) is 14.1 Å². The average Bonchev–Trinajstić information content (AvgIpc) is 3.42. The molecular formula is C23H24N6O2. The van der Waals surface area contributed by atoms with E-state index in [1.807, 2.05) is 47.9 Å². The van der Waals surface area contributed by atoms with E-state index in [1.165, 1.54) is 0 Å². The summed E-state index contributed by atoms with van der Waals surface area (Å²) in [5.41, 5.74) is 4.61. The number of hydrogen-bond acceptors (Lipinski definition) is 4. The molecule has 0 unspecified atom stereocenters. The van der Waals surface area contributed by atoms with Gasteiger partial charge in [-0.3, -0.25) is 9.48 Å². The number of aromatic nitrogens is 5. The van der Waals surface area contributed by atoms with Crippen LogP contribution in [-0.2, 0) is 14.1 Å². The number of hydrogen-bond donors (Lipinski definition) is 3. The minimum Gasteiger partial charge on any atom is -0.394 e. The van der Waals surface area contributed by atoms with Crippen LogP contribution in [0, 0.1) is 0 Å². The van der Waals surface area contributed by atoms with Crippen molar-refractivity contribution in [3.8, 4) is 11.3 Å². The minimum absolute atomic E-state index is 0.137. The lowest BCUT2D eigenvalue weighted by atomic mass is 10.0. The summed E-state index contributed by atoms with van der Waals surface area (Å²) in [5.74, 6) is -0.217. The molecule has 5 aromatic rings. The Labute approximate surface area is 178 Å². The van der Waals surface area contributed by atoms with E-state index in [9.17, 15) is 9.90 Å². The number of amides is 1. The fourth-order valence-corrected chi connectivity index (χ4v) is 4.05. The van der Waals surface area contributed by atoms with Gasteiger partial charge in [-0.1, -0.05) is 0 Å². The van der Waals surface area contributed by atoms with Gasteiger partial charge in [0.1, 0.15) is 5.65 Å². The number of carbonyl (C=O) groups is 1. The predicted octanol–water partition coefficient (Wildman–Crippen LogP) is 3.11. The molecule has 3 N–H and O–H groups in total. The van der Waals surface area contributed by atoms with Gasteiger partial charge in [0.2, 0.25) is 0 Å². The first kappa shape index (κ1) is 19.3. The lowest BCUT2D eigenvalue weighted by Gasteiger charge is -2.23. The van der Waals surface area contributed by atoms with Crippen LogP contribution in [0.2, 0.25) is 0 Å². The Kier molecular flexibility index (Phi) is 4.16. The number of rotatable bonds is 4. The monoisotopic (exact) mass is 416 g/mol. The number of nitrogens with zero attached hydrogens (tertiary/aromatic N) is 4. The number of aliphatic hydroxyl groups is 1. The van der Waals surface area contributed by atoms with Crippen LogP contribution in [0.5, 0.6) is 0 Å². The molecule has 0 spiro atoms. The highest BCUT2D eigenvalue weighted by Crippen LogP contribution is 2.34. The Morgan fingerprint density at radius 3 is 2.77 bits per heavy atom. The highest BCUT2D eigenvalue weighted by atomic mass is 16.3. The molecule has 1 amide bonds. The molecule has 0 saturated carbocycles. The second-order valence-electron chi connectivity index (χ2n) is 8.66. The predicted molar refractivity (Wildman–Crippen MR) is 121 cm³/mol. The fraction of sp³-hybridized carbons (Fsp3) is 0.261. The van der Waals surface area contributed by atoms with Gasteiger partial charge >= 0.3 is 0 Å². The maximum atomic E-state index is 12.8. The van der Waals surface area contributed by atoms with Crippen LogP contribution in [0.1, 0.15) is 24.2 Å². The quantitative estimate of drug-likeness (QED) is 0.419. The van der Waals surface area contributed by atoms with E-state index in [0.29, 0.717) is 5.56 Å². The molecule has 5 rings (SSSR count). The molecule has 0 fully saturated rings. The van der Waals surface area contributed by atoms with Gasteiger partial charge in [-0.05, 0) is 38.1 Å². The summed E-state index contributed by atoms with van der Waals surface area (Å²) in [6.07, 6.45) is 5.68. The van der Waals surface area contributed by atoms with E-state index in [2.05, 4.69) is 32.6 Å². The van der Waals surface area contributed by atoms with Crippen molar-refractivity contribution in [3.63, 3.8) is 0 Å². The van der Waals surface area contributed by atoms with Crippen molar-refractivity contribution < 1.29 is 9.90 Å². The number of benzene rings is 1. The summed E-state index contributed by atoms with van der Waals surface area (Å²) in [5, 5.41) is 19.6. The second kappa shape index (κ2) is 6.68. The third-order valence-corrected chi connectivity index (χ3v) is 5.74. The first-order valence-corrected chi connectivity index (χ1v) is 10.1. The molecule has 0 aliphatic carbocycles. The molecule has 8 nitrogen and oxygen atoms in total. The number of carbonyl (C=O) groups excluding carboxylic acids is 1. The smallest absolute Gasteiger partial charge is 0.251 e. The fourth-order valence-electron chi connectivity index (χ4n) is 4.05. The molecule has 0 bridgehead atoms. The summed E-state index contributed by atoms with van der Waals surface area (Å²) < 4.78 is 3.90. The maximum Gasteiger partial charge on any atom is 0.251 e. The molecule has 0 atom stereocenters. The first-order chi connectivity index (χ1) is 14.8. The Balaban J connectivity index is 1.65. The number of H-pyrrole nitrogens is 1. The van der Waals surface area contributed by atoms with Crippen LogP contribution in [0.3, 0.4) is 0 Å². The summed E-state index contributed by atoms with van der Waals surface area (Å²) in [4.78, 5) is 20.7. The molecule has 158 valence electrons. The third-order valence-electron chi connectivity index (χ3n) is 5.74. The van der Waals surface area contributed by atoms with Gasteiger partial charge in [0, 0.05) is 65.0 Å². The van der Waals surface area contributed by atoms with E-state index in [-0.39, 0.29) is 12.5 Å². The Morgan fingerprint density at radius 1 is 1.19 bits per heavy atom. The SMILES string of the molecule is Cn1cc(-c2cc3c(ncc4cnn(C)c43)[nH]2)c2cc(C(=O)NC(C)(C)CO)ccc21. The summed E-state index contributed by atoms with van der Waals surface area (Å²) in [7, 11) is 3.91. The molecule has 31 heavy (non-hydrogen) atoms. The molecule has 8 heteroatoms. The molecule has 0 saturated heterocycles. The Bertz CT molecular complexity index is 1470. The molecule has 4 heterocycles. The zero-order chi connectivity index (χ0) is 21.9. The summed E-state index contributed by atoms with van der Waals surface area (Å²) in [6, 6.07) is 7.73. The van der Waals surface area contributed by atoms with Crippen molar-refractivity contribution >= 4 is 38.7 Å². The first-order valence-electron chi connectivity index (χ1n) is 10.1. The molecule has 0 aliphatic heterocycles. The average molecular weight is 416 g/mol. The van der Waals surface area contributed by atoms with Crippen LogP contribution in [-0.4, -0.2) is 47.5 Å². The van der Waals surface area contributed by atoms with Gasteiger partial charge < -0.3 is 20.0 Å². The van der Waals surface area contributed by atoms with Gasteiger partial charge in [-0.2, -0.15) is 5.10 Å². The number of nitrogens with one attached hydrogen (secondary N) is 2. The number of aromatic amines is 1. The zero-order valence-corrected chi connectivity index (χ0v) is 17.9. The van der Waals surface area contributed by atoms with Crippen LogP contribution in [0.4, 0.5) is 0 Å². The molecule has 4 aromatic heterocycles. The van der Waals surface area contributed by atoms with Crippen molar-refractivity contribution in [3.05, 3.63) is 48.4 Å². The number of fused-ring (bicyclic) bond motifs is 4. The third kappa shape index (κ3) is 3.07. The summed E-state index contributed by atoms with van der Waals surface area (Å²) in [6.45, 7) is 3.43. The van der Waals surface area contributed by atoms with Gasteiger partial charge in [0.25, 0.3) is 5.91 Å². The standard InChI is InChI=1S/C23H24N6O2/c1-23(2,12-30)27-22(31)13-5-6-19-15(7-13)17(11-28(19)3)18-8-16-20-14(10-25-29(20)4)9-24-21(16)26-18/h5-11,30H,12H2,1-4H3,(H,24,26)(H,27,31). The van der Waals surface area contributed by atoms with Crippen LogP contribution in [0.15, 0.2) is 42.9 Å². The number of pyridine rings is 1. The largest absolute Gasteiger partial charge is 0.394 e. The highest BCUT2D eigenvalue weighted by molar-refractivity contribution is 6.07. The normalized spacial score (nSPS) is 12.3. The van der Waals surface area contributed by atoms with Gasteiger partial charge in [-0.15, -0.1) is 0 Å². The van der Waals surface area contributed by atoms with Crippen LogP contribution in [0.25, 0.3) is 44.1 Å². The van der Waals surface area contributed by atoms with Crippen LogP contribution >= 0.6 is 0 Å². The second-order valence-corrected chi connectivity index (χ2v) is 8.66. The minimum atomic E-state index is -0.692. The Morgan fingerprint density at radius 2 is 2.00 bits per heavy atom. The zero-order valence-electron chi connectivity index (χ0n) is 17.9. The van der Waals surface area contributed by atoms with Crippen LogP contribution < -0.4 is 5.32 Å². The van der Waals surface area contributed by atoms with Gasteiger partial charge in [0.15, 0.2) is 0 Å². The van der Waals surface area contributed by atoms with Gasteiger partial charge in [0.05, 0.1) is 23.9 Å². The van der Waals surface area contributed by atoms with E-state index >= 15 is 0 Å². The van der Waals surface area contributed by atoms with E-state index in [4.69, 9.17) is 0 Å². The summed E-state index contributed by atoms with van der Waals surface area (Å²) >= 11 is 0. The van der Waals surface area contributed by atoms with E-state index in [0.717, 1.165) is 44.1 Å². The molecule has 1 aromatic carbocycles. The lowest BCUT2D eigenvalue weighted by molar-refractivity contribution is 0.0869. The van der Waals surface area contributed by atoms with Crippen molar-refractivity contribution in [1.29, 1.82) is 0 Å². The molecule has 0 radical (unpaired) electrons. The van der Waals surface area contributed by atoms with E-state index < -0.39 is 5.54 Å². The van der Waals surface area contributed by atoms with E-state index in [1.54, 1.807) is 19.9 Å². The molecule has 0 aliphatic rings. The lowest BCUT2D eigenvalue weighted by Crippen LogP contribution is -2.46. The Hall–Kier alpha value is -3.65. The topological polar surface area (TPSA) is 101 Å². The van der Waals surface area contributed by atoms with Crippen molar-refractivity contribution in [2.45, 2.75) is 19.4 Å². The molecular weight excluding hydrogens is 392 g/mol. The highest BCUT2D eigenvalue weighted by Gasteiger charge is 2.21. The number of aryl methyl sites for hydroxylation is 2.